The standard InChI is InChI=1S/C12H16N4OS2/c1-7-4-11(16(3)15-7)18-6-9-5-10(12(17)14-13)19-8(9)2/h4-5H,6,13H2,1-3H3,(H,14,17). The van der Waals surface area contributed by atoms with Crippen molar-refractivity contribution in [1.82, 2.24) is 15.2 Å². The maximum atomic E-state index is 11.5. The summed E-state index contributed by atoms with van der Waals surface area (Å²) in [7, 11) is 1.93. The van der Waals surface area contributed by atoms with Crippen LogP contribution in [0.1, 0.15) is 25.8 Å². The molecule has 0 aliphatic rings. The van der Waals surface area contributed by atoms with Crippen LogP contribution >= 0.6 is 23.1 Å². The highest BCUT2D eigenvalue weighted by atomic mass is 32.2. The number of aryl methyl sites for hydroxylation is 3. The van der Waals surface area contributed by atoms with Crippen LogP contribution in [0.15, 0.2) is 17.2 Å². The van der Waals surface area contributed by atoms with Crippen molar-refractivity contribution >= 4 is 29.0 Å². The average molecular weight is 296 g/mol. The number of nitrogens with two attached hydrogens (primary N) is 1. The van der Waals surface area contributed by atoms with Crippen LogP contribution in [0.5, 0.6) is 0 Å². The molecular formula is C12H16N4OS2. The number of nitrogen functional groups attached to an aromatic ring is 1. The van der Waals surface area contributed by atoms with Gasteiger partial charge in [0, 0.05) is 17.7 Å². The molecule has 0 aliphatic carbocycles. The Morgan fingerprint density at radius 1 is 1.53 bits per heavy atom. The first-order valence-electron chi connectivity index (χ1n) is 5.75. The van der Waals surface area contributed by atoms with E-state index in [4.69, 9.17) is 5.84 Å². The zero-order valence-electron chi connectivity index (χ0n) is 11.1. The predicted octanol–water partition coefficient (Wildman–Crippen LogP) is 1.99. The fourth-order valence-electron chi connectivity index (χ4n) is 1.72. The summed E-state index contributed by atoms with van der Waals surface area (Å²) in [6, 6.07) is 3.96. The van der Waals surface area contributed by atoms with Gasteiger partial charge in [0.15, 0.2) is 0 Å². The number of hydrogen-bond acceptors (Lipinski definition) is 5. The minimum atomic E-state index is -0.235. The monoisotopic (exact) mass is 296 g/mol. The molecule has 0 radical (unpaired) electrons. The molecule has 1 amide bonds. The molecule has 2 aromatic rings. The van der Waals surface area contributed by atoms with Crippen LogP contribution < -0.4 is 11.3 Å². The Morgan fingerprint density at radius 2 is 2.26 bits per heavy atom. The number of carbonyl (C=O) groups excluding carboxylic acids is 1. The molecule has 3 N–H and O–H groups in total. The van der Waals surface area contributed by atoms with Crippen molar-refractivity contribution in [2.24, 2.45) is 12.9 Å². The number of nitrogens with one attached hydrogen (secondary N) is 1. The molecule has 0 fully saturated rings. The molecule has 19 heavy (non-hydrogen) atoms. The van der Waals surface area contributed by atoms with E-state index < -0.39 is 0 Å². The molecule has 0 atom stereocenters. The quantitative estimate of drug-likeness (QED) is 0.392. The van der Waals surface area contributed by atoms with Gasteiger partial charge in [-0.05, 0) is 31.5 Å². The maximum Gasteiger partial charge on any atom is 0.275 e. The Balaban J connectivity index is 2.09. The number of hydrazine groups is 1. The molecule has 2 heterocycles. The normalized spacial score (nSPS) is 10.7. The first-order chi connectivity index (χ1) is 9.01. The van der Waals surface area contributed by atoms with Crippen LogP contribution in [0.25, 0.3) is 0 Å². The third-order valence-electron chi connectivity index (χ3n) is 2.71. The predicted molar refractivity (Wildman–Crippen MR) is 78.2 cm³/mol. The maximum absolute atomic E-state index is 11.5. The number of thiophene rings is 1. The third kappa shape index (κ3) is 3.17. The molecule has 0 spiro atoms. The van der Waals surface area contributed by atoms with Crippen LogP contribution in [-0.4, -0.2) is 15.7 Å². The first-order valence-corrected chi connectivity index (χ1v) is 7.55. The second-order valence-electron chi connectivity index (χ2n) is 4.20. The van der Waals surface area contributed by atoms with E-state index in [0.29, 0.717) is 4.88 Å². The van der Waals surface area contributed by atoms with Gasteiger partial charge in [0.05, 0.1) is 15.6 Å². The highest BCUT2D eigenvalue weighted by molar-refractivity contribution is 7.98. The number of nitrogens with zero attached hydrogens (tertiary/aromatic N) is 2. The number of aromatic nitrogens is 2. The smallest absolute Gasteiger partial charge is 0.275 e. The van der Waals surface area contributed by atoms with E-state index in [9.17, 15) is 4.79 Å². The molecule has 0 unspecified atom stereocenters. The summed E-state index contributed by atoms with van der Waals surface area (Å²) in [6.07, 6.45) is 0. The van der Waals surface area contributed by atoms with E-state index in [2.05, 4.69) is 16.6 Å². The van der Waals surface area contributed by atoms with Crippen molar-refractivity contribution < 1.29 is 4.79 Å². The number of hydrogen-bond donors (Lipinski definition) is 2. The van der Waals surface area contributed by atoms with Crippen molar-refractivity contribution in [3.05, 3.63) is 33.1 Å². The van der Waals surface area contributed by atoms with Crippen LogP contribution in [0.2, 0.25) is 0 Å². The van der Waals surface area contributed by atoms with Crippen LogP contribution in [-0.2, 0) is 12.8 Å². The fraction of sp³-hybridized carbons (Fsp3) is 0.333. The van der Waals surface area contributed by atoms with E-state index in [1.54, 1.807) is 11.8 Å². The molecule has 2 aromatic heterocycles. The van der Waals surface area contributed by atoms with Gasteiger partial charge in [-0.3, -0.25) is 14.9 Å². The van der Waals surface area contributed by atoms with Crippen molar-refractivity contribution in [3.63, 3.8) is 0 Å². The number of amides is 1. The zero-order chi connectivity index (χ0) is 14.0. The van der Waals surface area contributed by atoms with Crippen LogP contribution in [0.3, 0.4) is 0 Å². The van der Waals surface area contributed by atoms with Crippen molar-refractivity contribution in [2.75, 3.05) is 0 Å². The van der Waals surface area contributed by atoms with Crippen molar-refractivity contribution in [1.29, 1.82) is 0 Å². The van der Waals surface area contributed by atoms with E-state index in [0.717, 1.165) is 26.9 Å². The Hall–Kier alpha value is -1.31. The molecule has 0 aromatic carbocycles. The lowest BCUT2D eigenvalue weighted by atomic mass is 10.3. The van der Waals surface area contributed by atoms with Gasteiger partial charge in [-0.15, -0.1) is 23.1 Å². The van der Waals surface area contributed by atoms with E-state index in [1.807, 2.05) is 31.6 Å². The molecular weight excluding hydrogens is 280 g/mol. The SMILES string of the molecule is Cc1cc(SCc2cc(C(=O)NN)sc2C)n(C)n1. The summed E-state index contributed by atoms with van der Waals surface area (Å²) in [5.74, 6) is 5.72. The van der Waals surface area contributed by atoms with Gasteiger partial charge in [0.1, 0.15) is 0 Å². The molecule has 102 valence electrons. The summed E-state index contributed by atoms with van der Waals surface area (Å²) in [4.78, 5) is 13.3. The topological polar surface area (TPSA) is 72.9 Å². The van der Waals surface area contributed by atoms with Gasteiger partial charge in [0.2, 0.25) is 0 Å². The Labute approximate surface area is 120 Å². The average Bonchev–Trinajstić information content (AvgIpc) is 2.89. The summed E-state index contributed by atoms with van der Waals surface area (Å²) in [6.45, 7) is 3.99. The summed E-state index contributed by atoms with van der Waals surface area (Å²) < 4.78 is 1.87. The molecule has 0 bridgehead atoms. The lowest BCUT2D eigenvalue weighted by Gasteiger charge is -2.01. The highest BCUT2D eigenvalue weighted by Gasteiger charge is 2.12. The zero-order valence-corrected chi connectivity index (χ0v) is 12.7. The molecule has 7 heteroatoms. The van der Waals surface area contributed by atoms with Crippen LogP contribution in [0.4, 0.5) is 0 Å². The van der Waals surface area contributed by atoms with Gasteiger partial charge in [-0.25, -0.2) is 5.84 Å². The van der Waals surface area contributed by atoms with Gasteiger partial charge < -0.3 is 0 Å². The largest absolute Gasteiger partial charge is 0.289 e. The molecule has 5 nitrogen and oxygen atoms in total. The van der Waals surface area contributed by atoms with E-state index >= 15 is 0 Å². The number of thioether (sulfide) groups is 1. The number of carbonyl (C=O) groups is 1. The fourth-order valence-corrected chi connectivity index (χ4v) is 3.84. The van der Waals surface area contributed by atoms with Crippen molar-refractivity contribution in [2.45, 2.75) is 24.6 Å². The van der Waals surface area contributed by atoms with E-state index in [1.165, 1.54) is 11.3 Å². The lowest BCUT2D eigenvalue weighted by molar-refractivity contribution is 0.0957. The Kier molecular flexibility index (Phi) is 4.28. The Morgan fingerprint density at radius 3 is 2.84 bits per heavy atom. The molecule has 2 rings (SSSR count). The second-order valence-corrected chi connectivity index (χ2v) is 6.45. The van der Waals surface area contributed by atoms with Crippen molar-refractivity contribution in [3.8, 4) is 0 Å². The summed E-state index contributed by atoms with van der Waals surface area (Å²) >= 11 is 3.18. The molecule has 0 saturated heterocycles. The molecule has 0 aliphatic heterocycles. The minimum Gasteiger partial charge on any atom is -0.289 e. The highest BCUT2D eigenvalue weighted by Crippen LogP contribution is 2.29. The molecule has 0 saturated carbocycles. The van der Waals surface area contributed by atoms with Crippen LogP contribution in [0, 0.1) is 13.8 Å². The lowest BCUT2D eigenvalue weighted by Crippen LogP contribution is -2.29. The van der Waals surface area contributed by atoms with Gasteiger partial charge >= 0.3 is 0 Å². The number of rotatable bonds is 4. The second kappa shape index (κ2) is 5.77. The third-order valence-corrected chi connectivity index (χ3v) is 4.93. The first kappa shape index (κ1) is 14.1. The summed E-state index contributed by atoms with van der Waals surface area (Å²) in [5, 5.41) is 5.43. The van der Waals surface area contributed by atoms with Gasteiger partial charge in [-0.1, -0.05) is 0 Å². The van der Waals surface area contributed by atoms with Gasteiger partial charge in [-0.2, -0.15) is 5.10 Å². The Bertz CT molecular complexity index is 603. The minimum absolute atomic E-state index is 0.235. The van der Waals surface area contributed by atoms with Gasteiger partial charge in [0.25, 0.3) is 5.91 Å². The summed E-state index contributed by atoms with van der Waals surface area (Å²) in [5.41, 5.74) is 4.33. The van der Waals surface area contributed by atoms with E-state index in [-0.39, 0.29) is 5.91 Å².